The molecular weight excluding hydrogens is 190 g/mol. The summed E-state index contributed by atoms with van der Waals surface area (Å²) >= 11 is 0. The summed E-state index contributed by atoms with van der Waals surface area (Å²) in [4.78, 5) is 13.8. The van der Waals surface area contributed by atoms with Crippen molar-refractivity contribution >= 4 is 5.97 Å². The molecule has 0 aromatic rings. The van der Waals surface area contributed by atoms with Crippen molar-refractivity contribution < 1.29 is 9.90 Å². The van der Waals surface area contributed by atoms with Gasteiger partial charge in [-0.1, -0.05) is 19.3 Å². The summed E-state index contributed by atoms with van der Waals surface area (Å²) in [6.45, 7) is 3.16. The molecule has 15 heavy (non-hydrogen) atoms. The second-order valence-corrected chi connectivity index (χ2v) is 5.08. The lowest BCUT2D eigenvalue weighted by molar-refractivity contribution is -0.154. The van der Waals surface area contributed by atoms with E-state index in [-0.39, 0.29) is 0 Å². The third kappa shape index (κ3) is 1.78. The van der Waals surface area contributed by atoms with E-state index < -0.39 is 11.5 Å². The van der Waals surface area contributed by atoms with Gasteiger partial charge in [-0.05, 0) is 39.2 Å². The molecule has 86 valence electrons. The Morgan fingerprint density at radius 2 is 1.93 bits per heavy atom. The van der Waals surface area contributed by atoms with Crippen LogP contribution in [-0.2, 0) is 4.79 Å². The molecule has 0 amide bonds. The zero-order valence-corrected chi connectivity index (χ0v) is 9.54. The first-order chi connectivity index (χ1) is 7.17. The average molecular weight is 211 g/mol. The van der Waals surface area contributed by atoms with E-state index in [0.29, 0.717) is 6.04 Å². The Morgan fingerprint density at radius 3 is 2.47 bits per heavy atom. The maximum Gasteiger partial charge on any atom is 0.324 e. The molecular formula is C12H21NO2. The Balaban J connectivity index is 2.19. The van der Waals surface area contributed by atoms with Crippen LogP contribution in [0.1, 0.15) is 51.9 Å². The number of likely N-dealkylation sites (tertiary alicyclic amines) is 1. The Bertz CT molecular complexity index is 246. The van der Waals surface area contributed by atoms with Gasteiger partial charge in [0.2, 0.25) is 0 Å². The average Bonchev–Trinajstić information content (AvgIpc) is 2.68. The summed E-state index contributed by atoms with van der Waals surface area (Å²) in [5, 5.41) is 9.49. The quantitative estimate of drug-likeness (QED) is 0.761. The SMILES string of the molecule is CC1CCCCN1C1(C(=O)O)CCCC1. The van der Waals surface area contributed by atoms with Gasteiger partial charge in [-0.2, -0.15) is 0 Å². The molecule has 3 nitrogen and oxygen atoms in total. The molecule has 3 heteroatoms. The molecule has 1 aliphatic heterocycles. The van der Waals surface area contributed by atoms with Crippen molar-refractivity contribution in [2.24, 2.45) is 0 Å². The normalized spacial score (nSPS) is 31.7. The summed E-state index contributed by atoms with van der Waals surface area (Å²) in [7, 11) is 0. The minimum atomic E-state index is -0.589. The number of aliphatic carboxylic acids is 1. The van der Waals surface area contributed by atoms with Crippen molar-refractivity contribution in [1.29, 1.82) is 0 Å². The van der Waals surface area contributed by atoms with Crippen LogP contribution in [0.5, 0.6) is 0 Å². The number of carbonyl (C=O) groups is 1. The van der Waals surface area contributed by atoms with E-state index in [4.69, 9.17) is 0 Å². The molecule has 0 aromatic heterocycles. The molecule has 1 unspecified atom stereocenters. The Labute approximate surface area is 91.5 Å². The highest BCUT2D eigenvalue weighted by atomic mass is 16.4. The lowest BCUT2D eigenvalue weighted by Crippen LogP contribution is -2.57. The fraction of sp³-hybridized carbons (Fsp3) is 0.917. The number of rotatable bonds is 2. The minimum Gasteiger partial charge on any atom is -0.480 e. The van der Waals surface area contributed by atoms with E-state index in [2.05, 4.69) is 11.8 Å². The van der Waals surface area contributed by atoms with Gasteiger partial charge in [0.25, 0.3) is 0 Å². The first-order valence-corrected chi connectivity index (χ1v) is 6.17. The maximum absolute atomic E-state index is 11.5. The van der Waals surface area contributed by atoms with Gasteiger partial charge < -0.3 is 5.11 Å². The van der Waals surface area contributed by atoms with Crippen LogP contribution in [0.2, 0.25) is 0 Å². The molecule has 1 atom stereocenters. The Morgan fingerprint density at radius 1 is 1.27 bits per heavy atom. The van der Waals surface area contributed by atoms with Crippen LogP contribution in [0.4, 0.5) is 0 Å². The Hall–Kier alpha value is -0.570. The zero-order chi connectivity index (χ0) is 10.9. The number of carboxylic acid groups (broad SMARTS) is 1. The molecule has 2 rings (SSSR count). The minimum absolute atomic E-state index is 0.452. The van der Waals surface area contributed by atoms with Crippen molar-refractivity contribution in [2.75, 3.05) is 6.54 Å². The van der Waals surface area contributed by atoms with Gasteiger partial charge in [0.05, 0.1) is 0 Å². The third-order valence-corrected chi connectivity index (χ3v) is 4.18. The van der Waals surface area contributed by atoms with Crippen LogP contribution < -0.4 is 0 Å². The van der Waals surface area contributed by atoms with Crippen LogP contribution in [-0.4, -0.2) is 34.1 Å². The first-order valence-electron chi connectivity index (χ1n) is 6.17. The highest BCUT2D eigenvalue weighted by Crippen LogP contribution is 2.39. The summed E-state index contributed by atoms with van der Waals surface area (Å²) in [5.74, 6) is -0.589. The molecule has 2 fully saturated rings. The van der Waals surface area contributed by atoms with Gasteiger partial charge in [-0.15, -0.1) is 0 Å². The van der Waals surface area contributed by atoms with E-state index in [1.807, 2.05) is 0 Å². The van der Waals surface area contributed by atoms with E-state index in [0.717, 1.165) is 38.6 Å². The molecule has 0 bridgehead atoms. The molecule has 0 aromatic carbocycles. The molecule has 1 saturated heterocycles. The fourth-order valence-electron chi connectivity index (χ4n) is 3.32. The predicted octanol–water partition coefficient (Wildman–Crippen LogP) is 2.26. The van der Waals surface area contributed by atoms with Gasteiger partial charge in [0.1, 0.15) is 5.54 Å². The fourth-order valence-corrected chi connectivity index (χ4v) is 3.32. The largest absolute Gasteiger partial charge is 0.480 e. The Kier molecular flexibility index (Phi) is 3.01. The van der Waals surface area contributed by atoms with E-state index >= 15 is 0 Å². The van der Waals surface area contributed by atoms with Crippen LogP contribution in [0, 0.1) is 0 Å². The van der Waals surface area contributed by atoms with Crippen LogP contribution in [0.15, 0.2) is 0 Å². The number of carboxylic acids is 1. The predicted molar refractivity (Wildman–Crippen MR) is 58.9 cm³/mol. The van der Waals surface area contributed by atoms with Gasteiger partial charge in [0.15, 0.2) is 0 Å². The highest BCUT2D eigenvalue weighted by Gasteiger charge is 2.48. The summed E-state index contributed by atoms with van der Waals surface area (Å²) < 4.78 is 0. The second-order valence-electron chi connectivity index (χ2n) is 5.08. The van der Waals surface area contributed by atoms with Crippen molar-refractivity contribution in [3.63, 3.8) is 0 Å². The van der Waals surface area contributed by atoms with Gasteiger partial charge in [-0.3, -0.25) is 9.69 Å². The molecule has 1 aliphatic carbocycles. The molecule has 1 heterocycles. The van der Waals surface area contributed by atoms with Gasteiger partial charge in [0, 0.05) is 6.04 Å². The zero-order valence-electron chi connectivity index (χ0n) is 9.54. The van der Waals surface area contributed by atoms with Crippen molar-refractivity contribution in [3.05, 3.63) is 0 Å². The maximum atomic E-state index is 11.5. The summed E-state index contributed by atoms with van der Waals surface area (Å²) in [6, 6.07) is 0.452. The lowest BCUT2D eigenvalue weighted by atomic mass is 9.89. The van der Waals surface area contributed by atoms with Crippen LogP contribution in [0.25, 0.3) is 0 Å². The molecule has 0 spiro atoms. The number of piperidine rings is 1. The van der Waals surface area contributed by atoms with Crippen molar-refractivity contribution in [1.82, 2.24) is 4.90 Å². The molecule has 1 N–H and O–H groups in total. The standard InChI is InChI=1S/C12H21NO2/c1-10-6-2-5-9-13(10)12(11(14)15)7-3-4-8-12/h10H,2-9H2,1H3,(H,14,15). The van der Waals surface area contributed by atoms with E-state index in [9.17, 15) is 9.90 Å². The monoisotopic (exact) mass is 211 g/mol. The van der Waals surface area contributed by atoms with Gasteiger partial charge >= 0.3 is 5.97 Å². The van der Waals surface area contributed by atoms with Crippen LogP contribution >= 0.6 is 0 Å². The summed E-state index contributed by atoms with van der Waals surface area (Å²) in [5.41, 5.74) is -0.514. The van der Waals surface area contributed by atoms with E-state index in [1.54, 1.807) is 0 Å². The summed E-state index contributed by atoms with van der Waals surface area (Å²) in [6.07, 6.45) is 7.45. The second kappa shape index (κ2) is 4.12. The first kappa shape index (κ1) is 10.9. The smallest absolute Gasteiger partial charge is 0.324 e. The highest BCUT2D eigenvalue weighted by molar-refractivity contribution is 5.79. The lowest BCUT2D eigenvalue weighted by Gasteiger charge is -2.44. The number of hydrogen-bond donors (Lipinski definition) is 1. The molecule has 1 saturated carbocycles. The van der Waals surface area contributed by atoms with Crippen molar-refractivity contribution in [2.45, 2.75) is 63.5 Å². The van der Waals surface area contributed by atoms with Crippen LogP contribution in [0.3, 0.4) is 0 Å². The third-order valence-electron chi connectivity index (χ3n) is 4.18. The van der Waals surface area contributed by atoms with E-state index in [1.165, 1.54) is 12.8 Å². The van der Waals surface area contributed by atoms with Crippen molar-refractivity contribution in [3.8, 4) is 0 Å². The topological polar surface area (TPSA) is 40.5 Å². The number of nitrogens with zero attached hydrogens (tertiary/aromatic N) is 1. The van der Waals surface area contributed by atoms with Gasteiger partial charge in [-0.25, -0.2) is 0 Å². The number of hydrogen-bond acceptors (Lipinski definition) is 2. The molecule has 2 aliphatic rings. The molecule has 0 radical (unpaired) electrons.